The molecule has 120 valence electrons. The number of carbonyl (C=O) groups excluding carboxylic acids is 1. The molecule has 6 heteroatoms. The van der Waals surface area contributed by atoms with Crippen LogP contribution in [0.2, 0.25) is 0 Å². The Kier molecular flexibility index (Phi) is 8.41. The van der Waals surface area contributed by atoms with Crippen LogP contribution < -0.4 is 11.1 Å². The fourth-order valence-electron chi connectivity index (χ4n) is 3.33. The molecule has 0 aromatic rings. The molecule has 0 radical (unpaired) electrons. The van der Waals surface area contributed by atoms with E-state index in [-0.39, 0.29) is 42.7 Å². The van der Waals surface area contributed by atoms with Gasteiger partial charge in [0.25, 0.3) is 0 Å². The van der Waals surface area contributed by atoms with E-state index in [2.05, 4.69) is 17.3 Å². The van der Waals surface area contributed by atoms with Crippen molar-refractivity contribution in [2.75, 3.05) is 7.05 Å². The smallest absolute Gasteiger partial charge is 0.237 e. The number of rotatable bonds is 3. The van der Waals surface area contributed by atoms with Gasteiger partial charge in [-0.1, -0.05) is 20.3 Å². The van der Waals surface area contributed by atoms with Crippen molar-refractivity contribution >= 4 is 30.7 Å². The standard InChI is InChI=1S/C14H27N3O.2ClH/c1-9(2)13(15)14(18)16-10-7-11-5-4-6-12(8-10)17(11)3;;/h9-13H,4-8,15H2,1-3H3,(H,16,18);2*1H/t10?,11?,12?,13-;;/m0../s1. The minimum Gasteiger partial charge on any atom is -0.352 e. The molecule has 2 aliphatic rings. The molecule has 0 saturated carbocycles. The Morgan fingerprint density at radius 2 is 1.70 bits per heavy atom. The molecular weight excluding hydrogens is 297 g/mol. The van der Waals surface area contributed by atoms with Crippen LogP contribution in [0, 0.1) is 5.92 Å². The first kappa shape index (κ1) is 20.0. The van der Waals surface area contributed by atoms with E-state index in [1.165, 1.54) is 19.3 Å². The molecule has 0 spiro atoms. The number of halogens is 2. The predicted octanol–water partition coefficient (Wildman–Crippen LogP) is 1.94. The number of nitrogens with one attached hydrogen (secondary N) is 1. The number of hydrogen-bond donors (Lipinski definition) is 2. The minimum absolute atomic E-state index is 0. The molecule has 3 N–H and O–H groups in total. The number of hydrogen-bond acceptors (Lipinski definition) is 3. The number of fused-ring (bicyclic) bond motifs is 2. The van der Waals surface area contributed by atoms with Crippen molar-refractivity contribution in [3.05, 3.63) is 0 Å². The molecule has 2 saturated heterocycles. The highest BCUT2D eigenvalue weighted by atomic mass is 35.5. The van der Waals surface area contributed by atoms with Gasteiger partial charge in [-0.05, 0) is 38.6 Å². The lowest BCUT2D eigenvalue weighted by Crippen LogP contribution is -2.57. The Morgan fingerprint density at radius 1 is 1.20 bits per heavy atom. The summed E-state index contributed by atoms with van der Waals surface area (Å²) in [7, 11) is 2.23. The second-order valence-electron chi connectivity index (χ2n) is 6.35. The maximum absolute atomic E-state index is 12.0. The van der Waals surface area contributed by atoms with Gasteiger partial charge >= 0.3 is 0 Å². The second-order valence-corrected chi connectivity index (χ2v) is 6.35. The van der Waals surface area contributed by atoms with Crippen molar-refractivity contribution < 1.29 is 4.79 Å². The monoisotopic (exact) mass is 325 g/mol. The summed E-state index contributed by atoms with van der Waals surface area (Å²) in [6, 6.07) is 1.26. The molecule has 2 aliphatic heterocycles. The summed E-state index contributed by atoms with van der Waals surface area (Å²) in [5.74, 6) is 0.230. The number of nitrogens with two attached hydrogens (primary N) is 1. The van der Waals surface area contributed by atoms with Crippen LogP contribution in [0.25, 0.3) is 0 Å². The van der Waals surface area contributed by atoms with Crippen molar-refractivity contribution in [2.24, 2.45) is 11.7 Å². The summed E-state index contributed by atoms with van der Waals surface area (Å²) in [6.07, 6.45) is 6.06. The maximum Gasteiger partial charge on any atom is 0.237 e. The third-order valence-corrected chi connectivity index (χ3v) is 4.71. The molecule has 2 fully saturated rings. The Morgan fingerprint density at radius 3 is 2.15 bits per heavy atom. The van der Waals surface area contributed by atoms with Crippen molar-refractivity contribution in [3.63, 3.8) is 0 Å². The van der Waals surface area contributed by atoms with Crippen LogP contribution in [0.3, 0.4) is 0 Å². The van der Waals surface area contributed by atoms with Gasteiger partial charge < -0.3 is 16.0 Å². The topological polar surface area (TPSA) is 58.4 Å². The summed E-state index contributed by atoms with van der Waals surface area (Å²) < 4.78 is 0. The highest BCUT2D eigenvalue weighted by Crippen LogP contribution is 2.32. The van der Waals surface area contributed by atoms with E-state index < -0.39 is 0 Å². The summed E-state index contributed by atoms with van der Waals surface area (Å²) in [4.78, 5) is 14.5. The van der Waals surface area contributed by atoms with Gasteiger partial charge in [-0.3, -0.25) is 4.79 Å². The number of amides is 1. The van der Waals surface area contributed by atoms with Gasteiger partial charge in [0.2, 0.25) is 5.91 Å². The van der Waals surface area contributed by atoms with Gasteiger partial charge in [-0.15, -0.1) is 24.8 Å². The van der Waals surface area contributed by atoms with Crippen LogP contribution >= 0.6 is 24.8 Å². The Balaban J connectivity index is 0.00000180. The minimum atomic E-state index is -0.371. The normalized spacial score (nSPS) is 30.9. The SMILES string of the molecule is CC(C)[C@H](N)C(=O)NC1CC2CCCC(C1)N2C.Cl.Cl. The lowest BCUT2D eigenvalue weighted by atomic mass is 9.82. The van der Waals surface area contributed by atoms with Crippen molar-refractivity contribution in [1.82, 2.24) is 10.2 Å². The first-order valence-electron chi connectivity index (χ1n) is 7.27. The van der Waals surface area contributed by atoms with Crippen LogP contribution in [-0.4, -0.2) is 42.0 Å². The molecule has 1 amide bonds. The molecule has 3 atom stereocenters. The highest BCUT2D eigenvalue weighted by Gasteiger charge is 2.36. The van der Waals surface area contributed by atoms with Crippen molar-refractivity contribution in [3.8, 4) is 0 Å². The maximum atomic E-state index is 12.0. The fourth-order valence-corrected chi connectivity index (χ4v) is 3.33. The average Bonchev–Trinajstić information content (AvgIpc) is 2.29. The number of nitrogens with zero attached hydrogens (tertiary/aromatic N) is 1. The molecule has 2 bridgehead atoms. The molecule has 0 aromatic carbocycles. The fraction of sp³-hybridized carbons (Fsp3) is 0.929. The first-order chi connectivity index (χ1) is 8.49. The van der Waals surface area contributed by atoms with E-state index in [4.69, 9.17) is 5.73 Å². The zero-order valence-corrected chi connectivity index (χ0v) is 14.3. The summed E-state index contributed by atoms with van der Waals surface area (Å²) in [5, 5.41) is 3.16. The molecule has 0 aromatic heterocycles. The molecule has 20 heavy (non-hydrogen) atoms. The molecule has 0 aliphatic carbocycles. The van der Waals surface area contributed by atoms with Crippen LogP contribution in [0.15, 0.2) is 0 Å². The zero-order valence-electron chi connectivity index (χ0n) is 12.7. The highest BCUT2D eigenvalue weighted by molar-refractivity contribution is 5.85. The Hall–Kier alpha value is -0.0300. The third-order valence-electron chi connectivity index (χ3n) is 4.71. The van der Waals surface area contributed by atoms with E-state index in [0.717, 1.165) is 12.8 Å². The van der Waals surface area contributed by atoms with E-state index in [0.29, 0.717) is 18.1 Å². The Labute approximate surface area is 135 Å². The zero-order chi connectivity index (χ0) is 13.3. The number of carbonyl (C=O) groups is 1. The third kappa shape index (κ3) is 4.48. The quantitative estimate of drug-likeness (QED) is 0.833. The summed E-state index contributed by atoms with van der Waals surface area (Å²) >= 11 is 0. The van der Waals surface area contributed by atoms with Gasteiger partial charge in [0.05, 0.1) is 6.04 Å². The van der Waals surface area contributed by atoms with Crippen molar-refractivity contribution in [1.29, 1.82) is 0 Å². The van der Waals surface area contributed by atoms with E-state index >= 15 is 0 Å². The lowest BCUT2D eigenvalue weighted by molar-refractivity contribution is -0.124. The second kappa shape index (κ2) is 8.42. The molecule has 2 rings (SSSR count). The van der Waals surface area contributed by atoms with Crippen molar-refractivity contribution in [2.45, 2.75) is 70.1 Å². The van der Waals surface area contributed by atoms with Gasteiger partial charge in [0.1, 0.15) is 0 Å². The van der Waals surface area contributed by atoms with Crippen LogP contribution in [0.4, 0.5) is 0 Å². The largest absolute Gasteiger partial charge is 0.352 e. The van der Waals surface area contributed by atoms with Gasteiger partial charge in [0.15, 0.2) is 0 Å². The number of piperidine rings is 2. The van der Waals surface area contributed by atoms with Gasteiger partial charge in [-0.2, -0.15) is 0 Å². The first-order valence-corrected chi connectivity index (χ1v) is 7.27. The molecule has 4 nitrogen and oxygen atoms in total. The van der Waals surface area contributed by atoms with E-state index in [9.17, 15) is 4.79 Å². The van der Waals surface area contributed by atoms with Crippen LogP contribution in [0.5, 0.6) is 0 Å². The summed E-state index contributed by atoms with van der Waals surface area (Å²) in [5.41, 5.74) is 5.90. The summed E-state index contributed by atoms with van der Waals surface area (Å²) in [6.45, 7) is 3.99. The van der Waals surface area contributed by atoms with Gasteiger partial charge in [0, 0.05) is 18.1 Å². The van der Waals surface area contributed by atoms with Crippen LogP contribution in [-0.2, 0) is 4.79 Å². The lowest BCUT2D eigenvalue weighted by Gasteiger charge is -2.47. The predicted molar refractivity (Wildman–Crippen MR) is 87.7 cm³/mol. The molecular formula is C14H29Cl2N3O. The van der Waals surface area contributed by atoms with E-state index in [1.807, 2.05) is 13.8 Å². The molecule has 2 unspecified atom stereocenters. The van der Waals surface area contributed by atoms with Crippen LogP contribution in [0.1, 0.15) is 46.0 Å². The van der Waals surface area contributed by atoms with E-state index in [1.54, 1.807) is 0 Å². The van der Waals surface area contributed by atoms with Gasteiger partial charge in [-0.25, -0.2) is 0 Å². The Bertz CT molecular complexity index is 301. The molecule has 2 heterocycles. The average molecular weight is 326 g/mol.